The first-order valence-corrected chi connectivity index (χ1v) is 4.89. The molecule has 0 saturated carbocycles. The summed E-state index contributed by atoms with van der Waals surface area (Å²) < 4.78 is 0. The fraction of sp³-hybridized carbons (Fsp3) is 0.0769. The second-order valence-corrected chi connectivity index (χ2v) is 3.73. The fourth-order valence-electron chi connectivity index (χ4n) is 2.26. The van der Waals surface area contributed by atoms with E-state index in [1.54, 1.807) is 0 Å². The van der Waals surface area contributed by atoms with Gasteiger partial charge in [0.1, 0.15) is 6.04 Å². The summed E-state index contributed by atoms with van der Waals surface area (Å²) in [6.45, 7) is 0. The van der Waals surface area contributed by atoms with Gasteiger partial charge in [0.15, 0.2) is 0 Å². The lowest BCUT2D eigenvalue weighted by Gasteiger charge is -2.01. The Kier molecular flexibility index (Phi) is 1.49. The molecule has 0 aromatic heterocycles. The maximum atomic E-state index is 4.22. The summed E-state index contributed by atoms with van der Waals surface area (Å²) in [5.41, 5.74) is 9.63. The summed E-state index contributed by atoms with van der Waals surface area (Å²) in [6, 6.07) is 17.4. The Balaban J connectivity index is 2.36. The van der Waals surface area contributed by atoms with Gasteiger partial charge in [0, 0.05) is 11.1 Å². The molecule has 1 nitrogen and oxygen atoms in total. The first kappa shape index (κ1) is 7.77. The van der Waals surface area contributed by atoms with Gasteiger partial charge in [-0.25, -0.2) is 0 Å². The van der Waals surface area contributed by atoms with Crippen LogP contribution in [0.2, 0.25) is 0 Å². The Morgan fingerprint density at radius 1 is 0.714 bits per heavy atom. The van der Waals surface area contributed by atoms with Gasteiger partial charge in [-0.3, -0.25) is 0 Å². The second kappa shape index (κ2) is 2.69. The number of quaternary nitrogens is 1. The molecule has 1 aliphatic carbocycles. The summed E-state index contributed by atoms with van der Waals surface area (Å²) in [6.07, 6.45) is 0. The first-order valence-electron chi connectivity index (χ1n) is 4.89. The van der Waals surface area contributed by atoms with Crippen molar-refractivity contribution in [2.75, 3.05) is 0 Å². The highest BCUT2D eigenvalue weighted by Gasteiger charge is 2.27. The number of benzene rings is 2. The third-order valence-electron chi connectivity index (χ3n) is 2.96. The molecule has 0 atom stereocenters. The van der Waals surface area contributed by atoms with Crippen LogP contribution in [0.15, 0.2) is 48.5 Å². The van der Waals surface area contributed by atoms with Crippen LogP contribution in [-0.4, -0.2) is 0 Å². The molecule has 0 spiro atoms. The summed E-state index contributed by atoms with van der Waals surface area (Å²) in [5, 5.41) is 0. The fourth-order valence-corrected chi connectivity index (χ4v) is 2.26. The highest BCUT2D eigenvalue weighted by molar-refractivity contribution is 5.77. The monoisotopic (exact) mass is 182 g/mol. The largest absolute Gasteiger partial charge is 0.348 e. The molecule has 2 aromatic carbocycles. The molecule has 0 heterocycles. The third kappa shape index (κ3) is 0.875. The maximum Gasteiger partial charge on any atom is 0.137 e. The molecule has 1 aliphatic rings. The normalized spacial score (nSPS) is 13.8. The molecule has 0 aliphatic heterocycles. The van der Waals surface area contributed by atoms with Gasteiger partial charge < -0.3 is 5.73 Å². The Hall–Kier alpha value is -1.60. The first-order chi connectivity index (χ1) is 6.88. The van der Waals surface area contributed by atoms with E-state index in [0.29, 0.717) is 6.04 Å². The predicted octanol–water partition coefficient (Wildman–Crippen LogP) is 2.00. The van der Waals surface area contributed by atoms with E-state index in [1.807, 2.05) is 0 Å². The van der Waals surface area contributed by atoms with Gasteiger partial charge in [-0.1, -0.05) is 48.5 Å². The van der Waals surface area contributed by atoms with E-state index < -0.39 is 0 Å². The van der Waals surface area contributed by atoms with E-state index in [1.165, 1.54) is 22.3 Å². The quantitative estimate of drug-likeness (QED) is 0.645. The molecule has 3 rings (SSSR count). The molecule has 0 radical (unpaired) electrons. The van der Waals surface area contributed by atoms with Gasteiger partial charge >= 0.3 is 0 Å². The van der Waals surface area contributed by atoms with E-state index in [9.17, 15) is 0 Å². The SMILES string of the molecule is [NH3+]C1c2ccccc2-c2ccccc21. The van der Waals surface area contributed by atoms with Gasteiger partial charge in [0.05, 0.1) is 0 Å². The van der Waals surface area contributed by atoms with Crippen molar-refractivity contribution in [2.45, 2.75) is 6.04 Å². The average Bonchev–Trinajstić information content (AvgIpc) is 2.55. The van der Waals surface area contributed by atoms with Crippen molar-refractivity contribution in [3.8, 4) is 11.1 Å². The Morgan fingerprint density at radius 3 is 1.64 bits per heavy atom. The number of hydrogen-bond acceptors (Lipinski definition) is 0. The Labute approximate surface area is 83.2 Å². The van der Waals surface area contributed by atoms with Gasteiger partial charge in [-0.05, 0) is 11.1 Å². The molecule has 68 valence electrons. The van der Waals surface area contributed by atoms with E-state index in [4.69, 9.17) is 0 Å². The molecule has 0 saturated heterocycles. The topological polar surface area (TPSA) is 27.6 Å². The van der Waals surface area contributed by atoms with Crippen molar-refractivity contribution in [3.63, 3.8) is 0 Å². The van der Waals surface area contributed by atoms with Gasteiger partial charge in [0.25, 0.3) is 0 Å². The van der Waals surface area contributed by atoms with Crippen molar-refractivity contribution in [1.82, 2.24) is 0 Å². The van der Waals surface area contributed by atoms with Crippen LogP contribution in [0, 0.1) is 0 Å². The Bertz CT molecular complexity index is 443. The number of fused-ring (bicyclic) bond motifs is 3. The minimum absolute atomic E-state index is 0.308. The van der Waals surface area contributed by atoms with Gasteiger partial charge in [-0.2, -0.15) is 0 Å². The molecule has 0 bridgehead atoms. The van der Waals surface area contributed by atoms with Crippen LogP contribution < -0.4 is 5.73 Å². The van der Waals surface area contributed by atoms with Crippen molar-refractivity contribution in [2.24, 2.45) is 0 Å². The number of rotatable bonds is 0. The third-order valence-corrected chi connectivity index (χ3v) is 2.96. The highest BCUT2D eigenvalue weighted by Crippen LogP contribution is 2.40. The van der Waals surface area contributed by atoms with E-state index >= 15 is 0 Å². The highest BCUT2D eigenvalue weighted by atomic mass is 14.7. The lowest BCUT2D eigenvalue weighted by atomic mass is 10.1. The van der Waals surface area contributed by atoms with Crippen LogP contribution in [-0.2, 0) is 0 Å². The summed E-state index contributed by atoms with van der Waals surface area (Å²) >= 11 is 0. The van der Waals surface area contributed by atoms with E-state index in [-0.39, 0.29) is 0 Å². The molecule has 14 heavy (non-hydrogen) atoms. The van der Waals surface area contributed by atoms with Crippen molar-refractivity contribution in [3.05, 3.63) is 59.7 Å². The van der Waals surface area contributed by atoms with E-state index in [0.717, 1.165) is 0 Å². The summed E-state index contributed by atoms with van der Waals surface area (Å²) in [7, 11) is 0. The van der Waals surface area contributed by atoms with Crippen LogP contribution >= 0.6 is 0 Å². The molecule has 0 amide bonds. The number of hydrogen-bond donors (Lipinski definition) is 1. The summed E-state index contributed by atoms with van der Waals surface area (Å²) in [5.74, 6) is 0. The zero-order valence-electron chi connectivity index (χ0n) is 7.90. The molecule has 1 heteroatoms. The second-order valence-electron chi connectivity index (χ2n) is 3.73. The molecule has 0 unspecified atom stereocenters. The minimum atomic E-state index is 0.308. The molecule has 3 N–H and O–H groups in total. The molecular weight excluding hydrogens is 170 g/mol. The smallest absolute Gasteiger partial charge is 0.137 e. The van der Waals surface area contributed by atoms with Crippen LogP contribution in [0.1, 0.15) is 17.2 Å². The minimum Gasteiger partial charge on any atom is -0.348 e. The van der Waals surface area contributed by atoms with Crippen LogP contribution in [0.5, 0.6) is 0 Å². The molecular formula is C13H12N+. The van der Waals surface area contributed by atoms with Crippen LogP contribution in [0.25, 0.3) is 11.1 Å². The van der Waals surface area contributed by atoms with E-state index in [2.05, 4.69) is 54.3 Å². The lowest BCUT2D eigenvalue weighted by Crippen LogP contribution is -2.53. The maximum absolute atomic E-state index is 4.22. The van der Waals surface area contributed by atoms with Crippen molar-refractivity contribution in [1.29, 1.82) is 0 Å². The van der Waals surface area contributed by atoms with Gasteiger partial charge in [0.2, 0.25) is 0 Å². The predicted molar refractivity (Wildman–Crippen MR) is 56.6 cm³/mol. The Morgan fingerprint density at radius 2 is 1.14 bits per heavy atom. The van der Waals surface area contributed by atoms with Crippen molar-refractivity contribution < 1.29 is 5.73 Å². The van der Waals surface area contributed by atoms with Crippen molar-refractivity contribution >= 4 is 0 Å². The summed E-state index contributed by atoms with van der Waals surface area (Å²) in [4.78, 5) is 0. The zero-order valence-corrected chi connectivity index (χ0v) is 7.90. The van der Waals surface area contributed by atoms with Crippen LogP contribution in [0.4, 0.5) is 0 Å². The zero-order chi connectivity index (χ0) is 9.54. The standard InChI is InChI=1S/C13H11N/c14-13-11-7-3-1-5-9(11)10-6-2-4-8-12(10)13/h1-8,13H,14H2/p+1. The van der Waals surface area contributed by atoms with Crippen LogP contribution in [0.3, 0.4) is 0 Å². The molecule has 0 fully saturated rings. The van der Waals surface area contributed by atoms with Gasteiger partial charge in [-0.15, -0.1) is 0 Å². The lowest BCUT2D eigenvalue weighted by molar-refractivity contribution is -0.410. The molecule has 2 aromatic rings. The average molecular weight is 182 g/mol.